The molecule has 1 N–H and O–H groups in total. The Hall–Kier alpha value is -0.180. The lowest BCUT2D eigenvalue weighted by Crippen LogP contribution is -2.45. The molecular formula is C12H22N2S. The van der Waals surface area contributed by atoms with Crippen molar-refractivity contribution in [1.29, 1.82) is 0 Å². The van der Waals surface area contributed by atoms with Crippen molar-refractivity contribution in [3.05, 3.63) is 0 Å². The molecule has 1 fully saturated rings. The van der Waals surface area contributed by atoms with Crippen LogP contribution in [0.3, 0.4) is 0 Å². The molecule has 2 aliphatic rings. The van der Waals surface area contributed by atoms with Crippen LogP contribution in [0.5, 0.6) is 0 Å². The Labute approximate surface area is 97.3 Å². The molecule has 1 aliphatic carbocycles. The molecule has 2 unspecified atom stereocenters. The number of nitrogens with zero attached hydrogens (tertiary/aromatic N) is 1. The summed E-state index contributed by atoms with van der Waals surface area (Å²) in [7, 11) is 0. The van der Waals surface area contributed by atoms with Crippen molar-refractivity contribution in [3.63, 3.8) is 0 Å². The minimum absolute atomic E-state index is 0.242. The van der Waals surface area contributed by atoms with E-state index in [1.807, 2.05) is 11.8 Å². The smallest absolute Gasteiger partial charge is 0.157 e. The standard InChI is InChI=1S/C12H22N2S/c1-8-7-15-11(13-9(8)2)14-12(3,4)10-5-6-10/h8-10H,5-7H2,1-4H3,(H,13,14). The summed E-state index contributed by atoms with van der Waals surface area (Å²) >= 11 is 1.89. The summed E-state index contributed by atoms with van der Waals surface area (Å²) in [6.45, 7) is 9.10. The zero-order valence-corrected chi connectivity index (χ0v) is 11.0. The van der Waals surface area contributed by atoms with Gasteiger partial charge in [-0.2, -0.15) is 0 Å². The van der Waals surface area contributed by atoms with Crippen LogP contribution in [-0.4, -0.2) is 22.5 Å². The number of rotatable bonds is 2. The van der Waals surface area contributed by atoms with Gasteiger partial charge < -0.3 is 5.32 Å². The van der Waals surface area contributed by atoms with Gasteiger partial charge in [-0.1, -0.05) is 18.7 Å². The molecule has 2 nitrogen and oxygen atoms in total. The summed E-state index contributed by atoms with van der Waals surface area (Å²) < 4.78 is 0. The molecule has 0 aromatic heterocycles. The van der Waals surface area contributed by atoms with Crippen LogP contribution in [0.4, 0.5) is 0 Å². The summed E-state index contributed by atoms with van der Waals surface area (Å²) in [6, 6.07) is 0.476. The van der Waals surface area contributed by atoms with E-state index in [2.05, 4.69) is 33.0 Å². The fourth-order valence-corrected chi connectivity index (χ4v) is 3.23. The highest BCUT2D eigenvalue weighted by Crippen LogP contribution is 2.39. The molecule has 0 amide bonds. The van der Waals surface area contributed by atoms with Crippen LogP contribution in [0, 0.1) is 11.8 Å². The van der Waals surface area contributed by atoms with Gasteiger partial charge >= 0.3 is 0 Å². The number of hydrogen-bond acceptors (Lipinski definition) is 3. The predicted molar refractivity (Wildman–Crippen MR) is 68.5 cm³/mol. The Kier molecular flexibility index (Phi) is 3.02. The summed E-state index contributed by atoms with van der Waals surface area (Å²) in [5.74, 6) is 2.77. The third-order valence-electron chi connectivity index (χ3n) is 3.65. The van der Waals surface area contributed by atoms with Gasteiger partial charge in [0.15, 0.2) is 5.17 Å². The largest absolute Gasteiger partial charge is 0.360 e. The molecule has 0 aromatic carbocycles. The minimum Gasteiger partial charge on any atom is -0.360 e. The van der Waals surface area contributed by atoms with E-state index in [1.54, 1.807) is 0 Å². The van der Waals surface area contributed by atoms with Crippen molar-refractivity contribution < 1.29 is 0 Å². The van der Waals surface area contributed by atoms with Gasteiger partial charge in [0.05, 0.1) is 6.04 Å². The molecule has 86 valence electrons. The van der Waals surface area contributed by atoms with Gasteiger partial charge in [-0.25, -0.2) is 0 Å². The number of aliphatic imine (C=N–C) groups is 1. The molecule has 0 aromatic rings. The minimum atomic E-state index is 0.242. The molecule has 1 aliphatic heterocycles. The highest BCUT2D eigenvalue weighted by molar-refractivity contribution is 8.13. The van der Waals surface area contributed by atoms with Gasteiger partial charge in [0.1, 0.15) is 0 Å². The van der Waals surface area contributed by atoms with Gasteiger partial charge in [0, 0.05) is 11.3 Å². The van der Waals surface area contributed by atoms with E-state index in [0.717, 1.165) is 11.1 Å². The van der Waals surface area contributed by atoms with E-state index < -0.39 is 0 Å². The second-order valence-electron chi connectivity index (χ2n) is 5.58. The maximum absolute atomic E-state index is 4.73. The molecule has 0 bridgehead atoms. The van der Waals surface area contributed by atoms with Gasteiger partial charge in [-0.15, -0.1) is 0 Å². The fraction of sp³-hybridized carbons (Fsp3) is 0.917. The molecule has 3 heteroatoms. The number of amidine groups is 1. The average molecular weight is 226 g/mol. The SMILES string of the molecule is CC1CSC(NC(C)(C)C2CC2)=NC1C. The molecule has 15 heavy (non-hydrogen) atoms. The van der Waals surface area contributed by atoms with E-state index in [4.69, 9.17) is 4.99 Å². The summed E-state index contributed by atoms with van der Waals surface area (Å²) in [5.41, 5.74) is 0.242. The Morgan fingerprint density at radius 3 is 2.53 bits per heavy atom. The Balaban J connectivity index is 1.97. The van der Waals surface area contributed by atoms with Gasteiger partial charge in [-0.05, 0) is 45.4 Å². The van der Waals surface area contributed by atoms with Crippen LogP contribution in [0.25, 0.3) is 0 Å². The van der Waals surface area contributed by atoms with Crippen LogP contribution >= 0.6 is 11.8 Å². The number of thioether (sulfide) groups is 1. The highest BCUT2D eigenvalue weighted by atomic mass is 32.2. The third-order valence-corrected chi connectivity index (χ3v) is 4.83. The molecular weight excluding hydrogens is 204 g/mol. The normalized spacial score (nSPS) is 32.4. The van der Waals surface area contributed by atoms with E-state index in [-0.39, 0.29) is 5.54 Å². The van der Waals surface area contributed by atoms with Crippen LogP contribution in [0.2, 0.25) is 0 Å². The van der Waals surface area contributed by atoms with Crippen molar-refractivity contribution in [2.24, 2.45) is 16.8 Å². The van der Waals surface area contributed by atoms with E-state index in [9.17, 15) is 0 Å². The Bertz CT molecular complexity index is 269. The zero-order valence-electron chi connectivity index (χ0n) is 10.2. The van der Waals surface area contributed by atoms with Crippen molar-refractivity contribution in [2.45, 2.75) is 52.1 Å². The van der Waals surface area contributed by atoms with Crippen LogP contribution in [0.1, 0.15) is 40.5 Å². The second kappa shape index (κ2) is 4.00. The molecule has 0 saturated heterocycles. The van der Waals surface area contributed by atoms with Gasteiger partial charge in [-0.3, -0.25) is 4.99 Å². The molecule has 0 radical (unpaired) electrons. The second-order valence-corrected chi connectivity index (χ2v) is 6.59. The molecule has 1 heterocycles. The topological polar surface area (TPSA) is 24.4 Å². The maximum Gasteiger partial charge on any atom is 0.157 e. The lowest BCUT2D eigenvalue weighted by atomic mass is 9.99. The monoisotopic (exact) mass is 226 g/mol. The molecule has 0 spiro atoms. The van der Waals surface area contributed by atoms with Crippen molar-refractivity contribution in [3.8, 4) is 0 Å². The van der Waals surface area contributed by atoms with Crippen molar-refractivity contribution >= 4 is 16.9 Å². The first-order valence-electron chi connectivity index (χ1n) is 5.98. The first kappa shape index (κ1) is 11.3. The molecule has 2 atom stereocenters. The third kappa shape index (κ3) is 2.68. The van der Waals surface area contributed by atoms with Crippen LogP contribution in [0.15, 0.2) is 4.99 Å². The zero-order chi connectivity index (χ0) is 11.1. The summed E-state index contributed by atoms with van der Waals surface area (Å²) in [6.07, 6.45) is 2.76. The highest BCUT2D eigenvalue weighted by Gasteiger charge is 2.38. The van der Waals surface area contributed by atoms with E-state index >= 15 is 0 Å². The van der Waals surface area contributed by atoms with Crippen LogP contribution in [-0.2, 0) is 0 Å². The summed E-state index contributed by atoms with van der Waals surface area (Å²) in [5, 5.41) is 4.79. The number of nitrogens with one attached hydrogen (secondary N) is 1. The first-order valence-corrected chi connectivity index (χ1v) is 6.96. The Morgan fingerprint density at radius 1 is 1.33 bits per heavy atom. The maximum atomic E-state index is 4.73. The van der Waals surface area contributed by atoms with Gasteiger partial charge in [0.2, 0.25) is 0 Å². The average Bonchev–Trinajstić information content (AvgIpc) is 2.93. The fourth-order valence-electron chi connectivity index (χ4n) is 1.95. The lowest BCUT2D eigenvalue weighted by Gasteiger charge is -2.31. The molecule has 2 rings (SSSR count). The van der Waals surface area contributed by atoms with E-state index in [1.165, 1.54) is 18.6 Å². The Morgan fingerprint density at radius 2 is 2.00 bits per heavy atom. The van der Waals surface area contributed by atoms with Gasteiger partial charge in [0.25, 0.3) is 0 Å². The first-order chi connectivity index (χ1) is 6.99. The summed E-state index contributed by atoms with van der Waals surface area (Å²) in [4.78, 5) is 4.73. The molecule has 1 saturated carbocycles. The quantitative estimate of drug-likeness (QED) is 0.783. The van der Waals surface area contributed by atoms with Crippen LogP contribution < -0.4 is 5.32 Å². The number of hydrogen-bond donors (Lipinski definition) is 1. The lowest BCUT2D eigenvalue weighted by molar-refractivity contribution is 0.401. The van der Waals surface area contributed by atoms with Crippen molar-refractivity contribution in [2.75, 3.05) is 5.75 Å². The van der Waals surface area contributed by atoms with Crippen molar-refractivity contribution in [1.82, 2.24) is 5.32 Å². The predicted octanol–water partition coefficient (Wildman–Crippen LogP) is 2.89. The van der Waals surface area contributed by atoms with E-state index in [0.29, 0.717) is 12.0 Å².